The number of nitrogens with zero attached hydrogens (tertiary/aromatic N) is 3. The molecule has 2 aromatic rings. The molecular formula is C16H17ClN4O2. The van der Waals surface area contributed by atoms with Crippen molar-refractivity contribution in [2.24, 2.45) is 0 Å². The van der Waals surface area contributed by atoms with Crippen LogP contribution >= 0.6 is 11.6 Å². The first kappa shape index (κ1) is 15.6. The highest BCUT2D eigenvalue weighted by Crippen LogP contribution is 2.24. The Hall–Kier alpha value is -2.34. The molecule has 0 amide bonds. The van der Waals surface area contributed by atoms with E-state index in [1.54, 1.807) is 13.1 Å². The Labute approximate surface area is 138 Å². The number of nitrogens with one attached hydrogen (secondary N) is 1. The molecule has 1 fully saturated rings. The first-order valence-electron chi connectivity index (χ1n) is 7.40. The summed E-state index contributed by atoms with van der Waals surface area (Å²) in [5, 5.41) is 6.32. The lowest BCUT2D eigenvalue weighted by Crippen LogP contribution is -2.47. The molecule has 1 aromatic carbocycles. The van der Waals surface area contributed by atoms with Crippen molar-refractivity contribution in [1.29, 1.82) is 0 Å². The average Bonchev–Trinajstić information content (AvgIpc) is 2.58. The monoisotopic (exact) mass is 332 g/mol. The largest absolute Gasteiger partial charge is 0.368 e. The highest BCUT2D eigenvalue weighted by molar-refractivity contribution is 6.33. The molecule has 0 aliphatic carbocycles. The van der Waals surface area contributed by atoms with Gasteiger partial charge in [0.1, 0.15) is 5.02 Å². The molecule has 1 aromatic heterocycles. The van der Waals surface area contributed by atoms with Crippen LogP contribution in [0.15, 0.2) is 35.3 Å². The van der Waals surface area contributed by atoms with Gasteiger partial charge in [0.15, 0.2) is 5.78 Å². The number of aromatic nitrogens is 2. The zero-order valence-corrected chi connectivity index (χ0v) is 13.5. The van der Waals surface area contributed by atoms with E-state index in [2.05, 4.69) is 20.0 Å². The molecule has 1 aliphatic heterocycles. The Balaban J connectivity index is 1.69. The molecule has 2 heterocycles. The van der Waals surface area contributed by atoms with Gasteiger partial charge in [0, 0.05) is 37.4 Å². The van der Waals surface area contributed by atoms with Crippen LogP contribution in [0.25, 0.3) is 0 Å². The van der Waals surface area contributed by atoms with E-state index < -0.39 is 0 Å². The van der Waals surface area contributed by atoms with E-state index in [9.17, 15) is 9.59 Å². The van der Waals surface area contributed by atoms with Crippen LogP contribution in [-0.2, 0) is 0 Å². The number of carbonyl (C=O) groups is 1. The van der Waals surface area contributed by atoms with Gasteiger partial charge in [0.25, 0.3) is 5.56 Å². The number of aromatic amines is 1. The normalized spacial score (nSPS) is 14.9. The highest BCUT2D eigenvalue weighted by atomic mass is 35.5. The smallest absolute Gasteiger partial charge is 0.285 e. The summed E-state index contributed by atoms with van der Waals surface area (Å²) < 4.78 is 0. The maximum Gasteiger partial charge on any atom is 0.285 e. The molecule has 0 saturated carbocycles. The fourth-order valence-corrected chi connectivity index (χ4v) is 2.92. The molecule has 0 bridgehead atoms. The van der Waals surface area contributed by atoms with E-state index in [0.29, 0.717) is 11.3 Å². The lowest BCUT2D eigenvalue weighted by Gasteiger charge is -2.37. The van der Waals surface area contributed by atoms with E-state index in [1.165, 1.54) is 0 Å². The number of benzene rings is 1. The summed E-state index contributed by atoms with van der Waals surface area (Å²) in [5.74, 6) is 0.0674. The maximum atomic E-state index is 11.5. The van der Waals surface area contributed by atoms with Gasteiger partial charge in [-0.25, -0.2) is 5.10 Å². The molecule has 6 nitrogen and oxygen atoms in total. The fourth-order valence-electron chi connectivity index (χ4n) is 2.71. The molecular weight excluding hydrogens is 316 g/mol. The van der Waals surface area contributed by atoms with Crippen molar-refractivity contribution < 1.29 is 4.79 Å². The molecule has 7 heteroatoms. The number of Topliss-reactive ketones (excluding diaryl/α,β-unsaturated/α-hetero) is 1. The summed E-state index contributed by atoms with van der Waals surface area (Å²) in [6.45, 7) is 4.68. The number of rotatable bonds is 3. The number of carbonyl (C=O) groups excluding carboxylic acids is 1. The Bertz CT molecular complexity index is 764. The molecule has 23 heavy (non-hydrogen) atoms. The third-order valence-electron chi connectivity index (χ3n) is 4.04. The zero-order valence-electron chi connectivity index (χ0n) is 12.8. The summed E-state index contributed by atoms with van der Waals surface area (Å²) in [7, 11) is 0. The topological polar surface area (TPSA) is 69.3 Å². The minimum absolute atomic E-state index is 0.0674. The van der Waals surface area contributed by atoms with Crippen LogP contribution in [0.3, 0.4) is 0 Å². The molecule has 1 saturated heterocycles. The van der Waals surface area contributed by atoms with Gasteiger partial charge < -0.3 is 9.80 Å². The molecule has 1 N–H and O–H groups in total. The molecule has 0 unspecified atom stereocenters. The van der Waals surface area contributed by atoms with Gasteiger partial charge in [-0.15, -0.1) is 0 Å². The average molecular weight is 333 g/mol. The quantitative estimate of drug-likeness (QED) is 0.870. The number of hydrogen-bond donors (Lipinski definition) is 1. The molecule has 0 radical (unpaired) electrons. The summed E-state index contributed by atoms with van der Waals surface area (Å²) in [5.41, 5.74) is 2.10. The SMILES string of the molecule is CC(=O)c1ccc(N2CCN(c3cn[nH]c(=O)c3Cl)CC2)cc1. The Morgan fingerprint density at radius 3 is 2.35 bits per heavy atom. The molecule has 0 atom stereocenters. The van der Waals surface area contributed by atoms with Gasteiger partial charge in [0.2, 0.25) is 0 Å². The van der Waals surface area contributed by atoms with E-state index in [1.807, 2.05) is 24.3 Å². The van der Waals surface area contributed by atoms with Crippen molar-refractivity contribution in [3.05, 3.63) is 51.4 Å². The number of ketones is 1. The number of anilines is 2. The summed E-state index contributed by atoms with van der Waals surface area (Å²) in [6, 6.07) is 7.63. The second-order valence-electron chi connectivity index (χ2n) is 5.48. The third-order valence-corrected chi connectivity index (χ3v) is 4.40. The van der Waals surface area contributed by atoms with E-state index >= 15 is 0 Å². The van der Waals surface area contributed by atoms with Crippen LogP contribution < -0.4 is 15.4 Å². The van der Waals surface area contributed by atoms with E-state index in [0.717, 1.165) is 31.9 Å². The van der Waals surface area contributed by atoms with E-state index in [4.69, 9.17) is 11.6 Å². The van der Waals surface area contributed by atoms with Crippen molar-refractivity contribution in [3.8, 4) is 0 Å². The van der Waals surface area contributed by atoms with Crippen molar-refractivity contribution in [2.75, 3.05) is 36.0 Å². The second-order valence-corrected chi connectivity index (χ2v) is 5.85. The first-order chi connectivity index (χ1) is 11.1. The van der Waals surface area contributed by atoms with Crippen molar-refractivity contribution in [1.82, 2.24) is 10.2 Å². The van der Waals surface area contributed by atoms with Gasteiger partial charge in [-0.05, 0) is 31.2 Å². The van der Waals surface area contributed by atoms with Crippen LogP contribution in [-0.4, -0.2) is 42.2 Å². The number of H-pyrrole nitrogens is 1. The lowest BCUT2D eigenvalue weighted by atomic mass is 10.1. The van der Waals surface area contributed by atoms with Gasteiger partial charge in [-0.2, -0.15) is 5.10 Å². The predicted octanol–water partition coefficient (Wildman–Crippen LogP) is 1.95. The van der Waals surface area contributed by atoms with E-state index in [-0.39, 0.29) is 16.4 Å². The second kappa shape index (κ2) is 6.42. The Kier molecular flexibility index (Phi) is 4.34. The van der Waals surface area contributed by atoms with Gasteiger partial charge in [-0.1, -0.05) is 11.6 Å². The third kappa shape index (κ3) is 3.22. The molecule has 1 aliphatic rings. The predicted molar refractivity (Wildman–Crippen MR) is 90.7 cm³/mol. The summed E-state index contributed by atoms with van der Waals surface area (Å²) in [6.07, 6.45) is 1.58. The maximum absolute atomic E-state index is 11.5. The van der Waals surface area contributed by atoms with Gasteiger partial charge >= 0.3 is 0 Å². The van der Waals surface area contributed by atoms with Crippen molar-refractivity contribution in [3.63, 3.8) is 0 Å². The lowest BCUT2D eigenvalue weighted by molar-refractivity contribution is 0.101. The minimum atomic E-state index is -0.369. The number of piperazine rings is 1. The highest BCUT2D eigenvalue weighted by Gasteiger charge is 2.20. The Morgan fingerprint density at radius 1 is 1.13 bits per heavy atom. The van der Waals surface area contributed by atoms with Crippen LogP contribution in [0, 0.1) is 0 Å². The van der Waals surface area contributed by atoms with Gasteiger partial charge in [0.05, 0.1) is 11.9 Å². The van der Waals surface area contributed by atoms with Crippen LogP contribution in [0.1, 0.15) is 17.3 Å². The number of halogens is 1. The number of hydrogen-bond acceptors (Lipinski definition) is 5. The standard InChI is InChI=1S/C16H17ClN4O2/c1-11(22)12-2-4-13(5-3-12)20-6-8-21(9-7-20)14-10-18-19-16(23)15(14)17/h2-5,10H,6-9H2,1H3,(H,19,23). The molecule has 3 rings (SSSR count). The Morgan fingerprint density at radius 2 is 1.74 bits per heavy atom. The first-order valence-corrected chi connectivity index (χ1v) is 7.78. The molecule has 120 valence electrons. The van der Waals surface area contributed by atoms with Crippen LogP contribution in [0.2, 0.25) is 5.02 Å². The van der Waals surface area contributed by atoms with Crippen molar-refractivity contribution >= 4 is 28.8 Å². The van der Waals surface area contributed by atoms with Crippen LogP contribution in [0.4, 0.5) is 11.4 Å². The summed E-state index contributed by atoms with van der Waals surface area (Å²) >= 11 is 6.06. The van der Waals surface area contributed by atoms with Gasteiger partial charge in [-0.3, -0.25) is 9.59 Å². The van der Waals surface area contributed by atoms with Crippen molar-refractivity contribution in [2.45, 2.75) is 6.92 Å². The zero-order chi connectivity index (χ0) is 16.4. The summed E-state index contributed by atoms with van der Waals surface area (Å²) in [4.78, 5) is 27.2. The fraction of sp³-hybridized carbons (Fsp3) is 0.312. The molecule has 0 spiro atoms. The van der Waals surface area contributed by atoms with Crippen LogP contribution in [0.5, 0.6) is 0 Å². The minimum Gasteiger partial charge on any atom is -0.368 e.